The molecule has 0 fully saturated rings. The molecule has 1 atom stereocenters. The molecule has 0 bridgehead atoms. The highest BCUT2D eigenvalue weighted by Crippen LogP contribution is 2.30. The van der Waals surface area contributed by atoms with Crippen LogP contribution in [0.2, 0.25) is 0 Å². The molecule has 1 aliphatic rings. The van der Waals surface area contributed by atoms with E-state index >= 15 is 0 Å². The Kier molecular flexibility index (Phi) is 4.60. The van der Waals surface area contributed by atoms with Gasteiger partial charge in [0.25, 0.3) is 0 Å². The van der Waals surface area contributed by atoms with Gasteiger partial charge in [-0.3, -0.25) is 9.79 Å². The van der Waals surface area contributed by atoms with Crippen molar-refractivity contribution in [1.29, 1.82) is 0 Å². The summed E-state index contributed by atoms with van der Waals surface area (Å²) < 4.78 is 0. The van der Waals surface area contributed by atoms with Crippen LogP contribution in [0.3, 0.4) is 0 Å². The lowest BCUT2D eigenvalue weighted by molar-refractivity contribution is -0.131. The summed E-state index contributed by atoms with van der Waals surface area (Å²) >= 11 is 1.81. The van der Waals surface area contributed by atoms with Crippen LogP contribution in [0.5, 0.6) is 0 Å². The van der Waals surface area contributed by atoms with E-state index in [2.05, 4.69) is 18.8 Å². The fourth-order valence-corrected chi connectivity index (χ4v) is 2.78. The molecule has 16 heavy (non-hydrogen) atoms. The van der Waals surface area contributed by atoms with Gasteiger partial charge in [-0.05, 0) is 5.92 Å². The van der Waals surface area contributed by atoms with Gasteiger partial charge < -0.3 is 0 Å². The average molecular weight is 241 g/mol. The van der Waals surface area contributed by atoms with Gasteiger partial charge in [0.1, 0.15) is 5.78 Å². The van der Waals surface area contributed by atoms with Crippen molar-refractivity contribution in [3.05, 3.63) is 0 Å². The predicted molar refractivity (Wildman–Crippen MR) is 72.2 cm³/mol. The lowest BCUT2D eigenvalue weighted by atomic mass is 9.77. The van der Waals surface area contributed by atoms with Crippen molar-refractivity contribution in [1.82, 2.24) is 0 Å². The van der Waals surface area contributed by atoms with Crippen LogP contribution in [-0.4, -0.2) is 23.1 Å². The Labute approximate surface area is 103 Å². The normalized spacial score (nSPS) is 18.8. The van der Waals surface area contributed by atoms with Gasteiger partial charge in [-0.15, -0.1) is 11.8 Å². The number of carbonyl (C=O) groups is 1. The Morgan fingerprint density at radius 1 is 1.44 bits per heavy atom. The van der Waals surface area contributed by atoms with Crippen molar-refractivity contribution >= 4 is 22.6 Å². The Hall–Kier alpha value is -0.310. The summed E-state index contributed by atoms with van der Waals surface area (Å²) in [7, 11) is 0. The number of thioether (sulfide) groups is 1. The van der Waals surface area contributed by atoms with Crippen LogP contribution in [0.15, 0.2) is 4.99 Å². The molecule has 1 rings (SSSR count). The van der Waals surface area contributed by atoms with Gasteiger partial charge in [0, 0.05) is 30.1 Å². The summed E-state index contributed by atoms with van der Waals surface area (Å²) in [6.07, 6.45) is 0.846. The van der Waals surface area contributed by atoms with Crippen LogP contribution in [0.25, 0.3) is 0 Å². The largest absolute Gasteiger partial charge is 0.299 e. The fourth-order valence-electron chi connectivity index (χ4n) is 1.88. The number of hydrogen-bond acceptors (Lipinski definition) is 3. The molecule has 0 aromatic carbocycles. The number of ketones is 1. The van der Waals surface area contributed by atoms with E-state index in [1.807, 2.05) is 32.5 Å². The molecule has 0 radical (unpaired) electrons. The summed E-state index contributed by atoms with van der Waals surface area (Å²) in [6.45, 7) is 11.2. The lowest BCUT2D eigenvalue weighted by Crippen LogP contribution is -2.32. The summed E-state index contributed by atoms with van der Waals surface area (Å²) in [6, 6.07) is 0. The minimum Gasteiger partial charge on any atom is -0.299 e. The van der Waals surface area contributed by atoms with Crippen molar-refractivity contribution in [2.45, 2.75) is 41.0 Å². The Morgan fingerprint density at radius 3 is 2.44 bits per heavy atom. The van der Waals surface area contributed by atoms with Crippen LogP contribution in [-0.2, 0) is 4.79 Å². The van der Waals surface area contributed by atoms with E-state index in [4.69, 9.17) is 0 Å². The Morgan fingerprint density at radius 2 is 2.06 bits per heavy atom. The van der Waals surface area contributed by atoms with Gasteiger partial charge in [-0.1, -0.05) is 34.6 Å². The molecule has 0 aliphatic carbocycles. The second kappa shape index (κ2) is 5.35. The van der Waals surface area contributed by atoms with Crippen molar-refractivity contribution in [3.8, 4) is 0 Å². The number of rotatable bonds is 4. The fraction of sp³-hybridized carbons (Fsp3) is 0.846. The van der Waals surface area contributed by atoms with Crippen LogP contribution in [0.1, 0.15) is 41.0 Å². The zero-order valence-electron chi connectivity index (χ0n) is 11.0. The van der Waals surface area contributed by atoms with Crippen molar-refractivity contribution in [2.24, 2.45) is 22.2 Å². The molecule has 1 aliphatic heterocycles. The highest BCUT2D eigenvalue weighted by atomic mass is 32.2. The van der Waals surface area contributed by atoms with Gasteiger partial charge in [0.15, 0.2) is 0 Å². The molecule has 0 aromatic heterocycles. The smallest absolute Gasteiger partial charge is 0.141 e. The first kappa shape index (κ1) is 13.8. The minimum atomic E-state index is -0.237. The third kappa shape index (κ3) is 3.62. The summed E-state index contributed by atoms with van der Waals surface area (Å²) in [5, 5.41) is 1.18. The number of aliphatic imine (C=N–C) groups is 1. The van der Waals surface area contributed by atoms with E-state index in [0.717, 1.165) is 18.7 Å². The topological polar surface area (TPSA) is 29.4 Å². The second-order valence-electron chi connectivity index (χ2n) is 5.79. The lowest BCUT2D eigenvalue weighted by Gasteiger charge is -2.27. The quantitative estimate of drug-likeness (QED) is 0.755. The first-order valence-electron chi connectivity index (χ1n) is 6.03. The molecule has 0 saturated heterocycles. The average Bonchev–Trinajstić information content (AvgIpc) is 2.63. The van der Waals surface area contributed by atoms with E-state index in [0.29, 0.717) is 11.7 Å². The van der Waals surface area contributed by atoms with Crippen LogP contribution < -0.4 is 0 Å². The molecule has 0 unspecified atom stereocenters. The van der Waals surface area contributed by atoms with Crippen molar-refractivity contribution in [2.75, 3.05) is 12.3 Å². The monoisotopic (exact) mass is 241 g/mol. The van der Waals surface area contributed by atoms with Crippen LogP contribution in [0.4, 0.5) is 0 Å². The second-order valence-corrected chi connectivity index (χ2v) is 6.96. The molecule has 0 N–H and O–H groups in total. The number of hydrogen-bond donors (Lipinski definition) is 0. The number of carbonyl (C=O) groups excluding carboxylic acids is 1. The maximum Gasteiger partial charge on any atom is 0.141 e. The molecule has 2 nitrogen and oxygen atoms in total. The zero-order valence-corrected chi connectivity index (χ0v) is 11.9. The van der Waals surface area contributed by atoms with E-state index in [1.54, 1.807) is 0 Å². The first-order chi connectivity index (χ1) is 7.32. The summed E-state index contributed by atoms with van der Waals surface area (Å²) in [5.74, 6) is 1.99. The molecular weight excluding hydrogens is 218 g/mol. The van der Waals surface area contributed by atoms with Crippen molar-refractivity contribution < 1.29 is 4.79 Å². The predicted octanol–water partition coefficient (Wildman–Crippen LogP) is 3.41. The molecule has 1 heterocycles. The van der Waals surface area contributed by atoms with Gasteiger partial charge in [0.2, 0.25) is 0 Å². The summed E-state index contributed by atoms with van der Waals surface area (Å²) in [5.41, 5.74) is -0.237. The SMILES string of the molecule is CC(C)[C@H](CC1=NCCS1)C(=O)C(C)(C)C. The molecule has 0 spiro atoms. The standard InChI is InChI=1S/C13H23NOS/c1-9(2)10(12(15)13(3,4)5)8-11-14-6-7-16-11/h9-10H,6-8H2,1-5H3/t10-/m0/s1. The maximum absolute atomic E-state index is 12.3. The molecule has 0 saturated carbocycles. The third-order valence-electron chi connectivity index (χ3n) is 2.92. The van der Waals surface area contributed by atoms with E-state index in [1.165, 1.54) is 5.04 Å². The zero-order chi connectivity index (χ0) is 12.3. The highest BCUT2D eigenvalue weighted by molar-refractivity contribution is 8.14. The van der Waals surface area contributed by atoms with Crippen molar-refractivity contribution in [3.63, 3.8) is 0 Å². The molecule has 92 valence electrons. The Balaban J connectivity index is 2.71. The van der Waals surface area contributed by atoms with E-state index < -0.39 is 0 Å². The first-order valence-corrected chi connectivity index (χ1v) is 7.01. The van der Waals surface area contributed by atoms with Crippen LogP contribution in [0, 0.1) is 17.3 Å². The highest BCUT2D eigenvalue weighted by Gasteiger charge is 2.32. The van der Waals surface area contributed by atoms with Crippen LogP contribution >= 0.6 is 11.8 Å². The third-order valence-corrected chi connectivity index (χ3v) is 3.94. The van der Waals surface area contributed by atoms with Gasteiger partial charge >= 0.3 is 0 Å². The maximum atomic E-state index is 12.3. The minimum absolute atomic E-state index is 0.129. The number of nitrogens with zero attached hydrogens (tertiary/aromatic N) is 1. The molecule has 0 aromatic rings. The van der Waals surface area contributed by atoms with E-state index in [-0.39, 0.29) is 11.3 Å². The molecule has 3 heteroatoms. The molecule has 0 amide bonds. The van der Waals surface area contributed by atoms with E-state index in [9.17, 15) is 4.79 Å². The molecular formula is C13H23NOS. The van der Waals surface area contributed by atoms with Gasteiger partial charge in [0.05, 0.1) is 5.04 Å². The number of Topliss-reactive ketones (excluding diaryl/α,β-unsaturated/α-hetero) is 1. The summed E-state index contributed by atoms with van der Waals surface area (Å²) in [4.78, 5) is 16.8. The Bertz CT molecular complexity index is 289. The van der Waals surface area contributed by atoms with Gasteiger partial charge in [-0.25, -0.2) is 0 Å². The van der Waals surface area contributed by atoms with Gasteiger partial charge in [-0.2, -0.15) is 0 Å².